The fourth-order valence-corrected chi connectivity index (χ4v) is 7.65. The Morgan fingerprint density at radius 1 is 0.980 bits per heavy atom. The number of ether oxygens (including phenoxy) is 3. The normalized spacial score (nSPS) is 15.4. The van der Waals surface area contributed by atoms with Gasteiger partial charge in [0.2, 0.25) is 6.79 Å². The number of aromatic nitrogens is 2. The second-order valence-corrected chi connectivity index (χ2v) is 13.3. The summed E-state index contributed by atoms with van der Waals surface area (Å²) in [6.07, 6.45) is 3.92. The van der Waals surface area contributed by atoms with Crippen LogP contribution in [0.2, 0.25) is 10.0 Å². The molecule has 4 aromatic carbocycles. The number of benzene rings is 4. The predicted molar refractivity (Wildman–Crippen MR) is 191 cm³/mol. The summed E-state index contributed by atoms with van der Waals surface area (Å²) < 4.78 is 21.0. The number of nitrogens with zero attached hydrogens (tertiary/aromatic N) is 3. The van der Waals surface area contributed by atoms with E-state index in [-0.39, 0.29) is 24.5 Å². The van der Waals surface area contributed by atoms with Crippen LogP contribution in [0.1, 0.15) is 35.2 Å². The second kappa shape index (κ2) is 12.7. The highest BCUT2D eigenvalue weighted by Gasteiger charge is 2.36. The van der Waals surface area contributed by atoms with Gasteiger partial charge in [-0.25, -0.2) is 9.79 Å². The molecule has 0 bridgehead atoms. The molecule has 8 rings (SSSR count). The van der Waals surface area contributed by atoms with Crippen LogP contribution in [0.25, 0.3) is 22.7 Å². The van der Waals surface area contributed by atoms with Crippen LogP contribution in [0.15, 0.2) is 113 Å². The van der Waals surface area contributed by atoms with Crippen molar-refractivity contribution in [1.82, 2.24) is 9.13 Å². The molecule has 2 aromatic heterocycles. The number of hydrogen-bond acceptors (Lipinski definition) is 7. The Labute approximate surface area is 294 Å². The lowest BCUT2D eigenvalue weighted by Crippen LogP contribution is -2.40. The zero-order valence-corrected chi connectivity index (χ0v) is 28.4. The molecule has 0 saturated carbocycles. The maximum absolute atomic E-state index is 14.5. The number of fused-ring (bicyclic) bond motifs is 3. The van der Waals surface area contributed by atoms with Crippen molar-refractivity contribution in [2.45, 2.75) is 19.5 Å². The zero-order valence-electron chi connectivity index (χ0n) is 26.1. The Bertz CT molecular complexity index is 2500. The number of esters is 1. The lowest BCUT2D eigenvalue weighted by molar-refractivity contribution is -0.138. The van der Waals surface area contributed by atoms with Crippen molar-refractivity contribution in [3.05, 3.63) is 155 Å². The highest BCUT2D eigenvalue weighted by Crippen LogP contribution is 2.40. The number of rotatable bonds is 7. The molecule has 2 aliphatic rings. The summed E-state index contributed by atoms with van der Waals surface area (Å²) in [5.74, 6) is 0.585. The molecule has 6 aromatic rings. The molecule has 0 unspecified atom stereocenters. The molecule has 244 valence electrons. The number of hydrogen-bond donors (Lipinski definition) is 0. The molecule has 11 heteroatoms. The van der Waals surface area contributed by atoms with Crippen molar-refractivity contribution < 1.29 is 19.0 Å². The van der Waals surface area contributed by atoms with Gasteiger partial charge in [-0.05, 0) is 54.5 Å². The van der Waals surface area contributed by atoms with Gasteiger partial charge in [0.1, 0.15) is 0 Å². The number of thiazole rings is 1. The zero-order chi connectivity index (χ0) is 33.6. The summed E-state index contributed by atoms with van der Waals surface area (Å²) in [4.78, 5) is 33.8. The minimum atomic E-state index is -0.835. The maximum Gasteiger partial charge on any atom is 0.338 e. The topological polar surface area (TPSA) is 84.1 Å². The van der Waals surface area contributed by atoms with E-state index in [2.05, 4.69) is 4.57 Å². The van der Waals surface area contributed by atoms with Gasteiger partial charge in [0.05, 0.1) is 38.5 Å². The maximum atomic E-state index is 14.5. The molecule has 1 atom stereocenters. The van der Waals surface area contributed by atoms with Crippen molar-refractivity contribution in [3.8, 4) is 11.5 Å². The van der Waals surface area contributed by atoms with Crippen LogP contribution in [0.4, 0.5) is 0 Å². The van der Waals surface area contributed by atoms with Crippen molar-refractivity contribution in [1.29, 1.82) is 0 Å². The first kappa shape index (κ1) is 31.2. The van der Waals surface area contributed by atoms with E-state index in [1.807, 2.05) is 91.1 Å². The van der Waals surface area contributed by atoms with E-state index in [9.17, 15) is 9.59 Å². The highest BCUT2D eigenvalue weighted by molar-refractivity contribution is 7.07. The smallest absolute Gasteiger partial charge is 0.338 e. The van der Waals surface area contributed by atoms with E-state index in [0.29, 0.717) is 48.7 Å². The molecule has 8 nitrogen and oxygen atoms in total. The Kier molecular flexibility index (Phi) is 8.11. The van der Waals surface area contributed by atoms with Crippen molar-refractivity contribution >= 4 is 63.2 Å². The quantitative estimate of drug-likeness (QED) is 0.167. The summed E-state index contributed by atoms with van der Waals surface area (Å²) in [7, 11) is 0. The molecule has 0 radical (unpaired) electrons. The molecule has 0 fully saturated rings. The van der Waals surface area contributed by atoms with E-state index < -0.39 is 12.0 Å². The van der Waals surface area contributed by atoms with Gasteiger partial charge >= 0.3 is 5.97 Å². The average Bonchev–Trinajstić information content (AvgIpc) is 3.81. The standard InChI is InChI=1S/C38H27Cl2N3O5S/c1-2-46-37(45)33-34(23-8-4-3-5-9-23)41-38-43(35(33)24-13-15-30-31(17-24)48-21-47-30)36(44)32(49-38)18-25-20-42(29-11-7-6-10-26(25)29)19-22-12-14-27(39)28(40)16-22/h3-18,20,35H,2,19,21H2,1H3/b32-18+/t35-/m0/s1. The van der Waals surface area contributed by atoms with Crippen LogP contribution in [0, 0.1) is 0 Å². The Hall–Kier alpha value is -5.09. The second-order valence-electron chi connectivity index (χ2n) is 11.5. The summed E-state index contributed by atoms with van der Waals surface area (Å²) in [5.41, 5.74) is 4.71. The third-order valence-electron chi connectivity index (χ3n) is 8.53. The van der Waals surface area contributed by atoms with Gasteiger partial charge in [-0.3, -0.25) is 9.36 Å². The van der Waals surface area contributed by atoms with Crippen molar-refractivity contribution in [3.63, 3.8) is 0 Å². The summed E-state index contributed by atoms with van der Waals surface area (Å²) in [6.45, 7) is 2.56. The molecule has 0 spiro atoms. The van der Waals surface area contributed by atoms with E-state index in [1.54, 1.807) is 23.6 Å². The van der Waals surface area contributed by atoms with Crippen LogP contribution in [0.5, 0.6) is 11.5 Å². The fraction of sp³-hybridized carbons (Fsp3) is 0.132. The average molecular weight is 709 g/mol. The number of carbonyl (C=O) groups is 1. The third kappa shape index (κ3) is 5.63. The Morgan fingerprint density at radius 3 is 2.59 bits per heavy atom. The first-order valence-electron chi connectivity index (χ1n) is 15.6. The van der Waals surface area contributed by atoms with Gasteiger partial charge in [-0.15, -0.1) is 0 Å². The molecule has 0 N–H and O–H groups in total. The SMILES string of the molecule is CCOC(=O)C1=C(c2ccccc2)N=c2s/c(=C/c3cn(Cc4ccc(Cl)c(Cl)c4)c4ccccc34)c(=O)n2[C@H]1c1ccc2c(c1)OCO2. The Morgan fingerprint density at radius 2 is 1.78 bits per heavy atom. The number of halogens is 2. The van der Waals surface area contributed by atoms with Crippen molar-refractivity contribution in [2.24, 2.45) is 4.99 Å². The summed E-state index contributed by atoms with van der Waals surface area (Å²) in [6, 6.07) is 27.7. The van der Waals surface area contributed by atoms with Gasteiger partial charge < -0.3 is 18.8 Å². The third-order valence-corrected chi connectivity index (χ3v) is 10.3. The van der Waals surface area contributed by atoms with Crippen LogP contribution in [0.3, 0.4) is 0 Å². The molecule has 2 aliphatic heterocycles. The van der Waals surface area contributed by atoms with Crippen LogP contribution in [-0.4, -0.2) is 28.5 Å². The highest BCUT2D eigenvalue weighted by atomic mass is 35.5. The summed E-state index contributed by atoms with van der Waals surface area (Å²) in [5, 5.41) is 1.98. The van der Waals surface area contributed by atoms with Crippen LogP contribution in [-0.2, 0) is 16.1 Å². The lowest BCUT2D eigenvalue weighted by atomic mass is 9.93. The molecular weight excluding hydrogens is 681 g/mol. The minimum absolute atomic E-state index is 0.0933. The fourth-order valence-electron chi connectivity index (χ4n) is 6.34. The van der Waals surface area contributed by atoms with Gasteiger partial charge in [-0.2, -0.15) is 0 Å². The van der Waals surface area contributed by atoms with Gasteiger partial charge in [0.25, 0.3) is 5.56 Å². The van der Waals surface area contributed by atoms with E-state index in [0.717, 1.165) is 27.6 Å². The molecule has 49 heavy (non-hydrogen) atoms. The van der Waals surface area contributed by atoms with Gasteiger partial charge in [0, 0.05) is 34.8 Å². The Balaban J connectivity index is 1.33. The monoisotopic (exact) mass is 707 g/mol. The van der Waals surface area contributed by atoms with Crippen molar-refractivity contribution in [2.75, 3.05) is 13.4 Å². The van der Waals surface area contributed by atoms with Gasteiger partial charge in [-0.1, -0.05) is 95.2 Å². The first-order chi connectivity index (χ1) is 23.9. The minimum Gasteiger partial charge on any atom is -0.463 e. The number of para-hydroxylation sites is 1. The lowest BCUT2D eigenvalue weighted by Gasteiger charge is -2.26. The number of carbonyl (C=O) groups excluding carboxylic acids is 1. The molecule has 0 aliphatic carbocycles. The van der Waals surface area contributed by atoms with E-state index in [1.165, 1.54) is 11.3 Å². The molecular formula is C38H27Cl2N3O5S. The first-order valence-corrected chi connectivity index (χ1v) is 17.2. The molecule has 0 amide bonds. The molecule has 4 heterocycles. The largest absolute Gasteiger partial charge is 0.463 e. The van der Waals surface area contributed by atoms with Crippen LogP contribution >= 0.6 is 34.5 Å². The summed E-state index contributed by atoms with van der Waals surface area (Å²) >= 11 is 13.8. The van der Waals surface area contributed by atoms with E-state index >= 15 is 0 Å². The van der Waals surface area contributed by atoms with Crippen LogP contribution < -0.4 is 24.4 Å². The molecule has 0 saturated heterocycles. The predicted octanol–water partition coefficient (Wildman–Crippen LogP) is 6.97. The van der Waals surface area contributed by atoms with Gasteiger partial charge in [0.15, 0.2) is 16.3 Å². The van der Waals surface area contributed by atoms with E-state index in [4.69, 9.17) is 42.4 Å².